The van der Waals surface area contributed by atoms with Gasteiger partial charge in [0.25, 0.3) is 0 Å². The first-order valence-corrected chi connectivity index (χ1v) is 4.36. The Labute approximate surface area is 132 Å². The molecule has 0 bridgehead atoms. The number of rotatable bonds is 0. The average molecular weight is 326 g/mol. The van der Waals surface area contributed by atoms with Crippen LogP contribution in [0.25, 0.3) is 0 Å². The minimum Gasteiger partial charge on any atom is -0.0747 e. The summed E-state index contributed by atoms with van der Waals surface area (Å²) in [7, 11) is 0. The Kier molecular flexibility index (Phi) is 4.84. The summed E-state index contributed by atoms with van der Waals surface area (Å²) in [5.41, 5.74) is 4.02. The summed E-state index contributed by atoms with van der Waals surface area (Å²) in [5.74, 6) is 0. The van der Waals surface area contributed by atoms with Crippen molar-refractivity contribution >= 4 is 0 Å². The van der Waals surface area contributed by atoms with E-state index < -0.39 is 0 Å². The summed E-state index contributed by atoms with van der Waals surface area (Å²) < 4.78 is 0. The quantitative estimate of drug-likeness (QED) is 0.641. The van der Waals surface area contributed by atoms with E-state index in [0.717, 1.165) is 0 Å². The third-order valence-corrected chi connectivity index (χ3v) is 3.72. The van der Waals surface area contributed by atoms with Gasteiger partial charge in [-0.05, 0) is 31.1 Å². The van der Waals surface area contributed by atoms with E-state index in [9.17, 15) is 0 Å². The molecule has 0 aromatic carbocycles. The second-order valence-corrected chi connectivity index (χ2v) is 4.64. The maximum Gasteiger partial charge on any atom is 0 e. The largest absolute Gasteiger partial charge is 0.0747 e. The number of hydrogen-bond donors (Lipinski definition) is 0. The molecule has 0 spiro atoms. The maximum absolute atomic E-state index is 2.43. The van der Waals surface area contributed by atoms with Crippen LogP contribution in [0.2, 0.25) is 0 Å². The minimum absolute atomic E-state index is 0. The fraction of sp³-hybridized carbons (Fsp3) is 0.636. The third-order valence-electron chi connectivity index (χ3n) is 3.72. The van der Waals surface area contributed by atoms with E-state index in [4.69, 9.17) is 0 Å². The van der Waals surface area contributed by atoms with Gasteiger partial charge in [0.2, 0.25) is 0 Å². The molecule has 1 fully saturated rings. The van der Waals surface area contributed by atoms with Crippen molar-refractivity contribution in [3.05, 3.63) is 23.3 Å². The van der Waals surface area contributed by atoms with Crippen LogP contribution in [-0.4, -0.2) is 0 Å². The molecule has 2 atom stereocenters. The van der Waals surface area contributed by atoms with Gasteiger partial charge < -0.3 is 0 Å². The molecule has 0 N–H and O–H groups in total. The molecule has 0 heterocycles. The molecular formula is C11H16Y2. The van der Waals surface area contributed by atoms with E-state index >= 15 is 0 Å². The molecule has 0 aliphatic heterocycles. The van der Waals surface area contributed by atoms with Gasteiger partial charge in [0.05, 0.1) is 0 Å². The van der Waals surface area contributed by atoms with Crippen molar-refractivity contribution in [2.45, 2.75) is 34.1 Å². The van der Waals surface area contributed by atoms with Crippen LogP contribution in [0.1, 0.15) is 34.1 Å². The van der Waals surface area contributed by atoms with E-state index in [2.05, 4.69) is 39.8 Å². The molecule has 0 aromatic rings. The van der Waals surface area contributed by atoms with E-state index in [1.165, 1.54) is 12.0 Å². The van der Waals surface area contributed by atoms with Gasteiger partial charge in [-0.1, -0.05) is 37.1 Å². The summed E-state index contributed by atoms with van der Waals surface area (Å²) in [6, 6.07) is 0. The van der Waals surface area contributed by atoms with E-state index in [0.29, 0.717) is 10.8 Å². The van der Waals surface area contributed by atoms with Crippen molar-refractivity contribution in [3.8, 4) is 0 Å². The first kappa shape index (κ1) is 14.7. The summed E-state index contributed by atoms with van der Waals surface area (Å²) in [4.78, 5) is 0. The molecule has 2 aliphatic rings. The van der Waals surface area contributed by atoms with Crippen LogP contribution >= 0.6 is 0 Å². The van der Waals surface area contributed by atoms with Crippen molar-refractivity contribution in [1.29, 1.82) is 0 Å². The molecule has 1 saturated carbocycles. The van der Waals surface area contributed by atoms with Gasteiger partial charge in [0.15, 0.2) is 0 Å². The monoisotopic (exact) mass is 326 g/mol. The van der Waals surface area contributed by atoms with E-state index in [1.54, 1.807) is 5.57 Å². The number of fused-ring (bicyclic) bond motifs is 1. The van der Waals surface area contributed by atoms with Crippen molar-refractivity contribution in [1.82, 2.24) is 0 Å². The zero-order valence-corrected chi connectivity index (χ0v) is 14.7. The summed E-state index contributed by atoms with van der Waals surface area (Å²) >= 11 is 0. The molecule has 0 saturated heterocycles. The molecule has 0 nitrogen and oxygen atoms in total. The molecule has 13 heavy (non-hydrogen) atoms. The Morgan fingerprint density at radius 1 is 1.15 bits per heavy atom. The number of allylic oxidation sites excluding steroid dienone is 4. The standard InChI is InChI=1S/C11H16.2Y/c1-8-5-9(2)11(4)7-10(11,3)6-8;;/h5-6H,7H2,1-4H3;;. The smallest absolute Gasteiger partial charge is 0 e. The summed E-state index contributed by atoms with van der Waals surface area (Å²) in [5, 5.41) is 0. The predicted octanol–water partition coefficient (Wildman–Crippen LogP) is 3.30. The van der Waals surface area contributed by atoms with E-state index in [1.807, 2.05) is 0 Å². The molecule has 2 rings (SSSR count). The van der Waals surface area contributed by atoms with Crippen molar-refractivity contribution < 1.29 is 65.4 Å². The Bertz CT molecular complexity index is 278. The van der Waals surface area contributed by atoms with Gasteiger partial charge in [-0.2, -0.15) is 0 Å². The fourth-order valence-electron chi connectivity index (χ4n) is 2.54. The molecule has 0 amide bonds. The molecule has 2 heteroatoms. The Hall–Kier alpha value is 1.69. The van der Waals surface area contributed by atoms with Crippen LogP contribution in [0.3, 0.4) is 0 Å². The van der Waals surface area contributed by atoms with Crippen LogP contribution < -0.4 is 0 Å². The molecule has 0 aromatic heterocycles. The van der Waals surface area contributed by atoms with Gasteiger partial charge in [0.1, 0.15) is 0 Å². The van der Waals surface area contributed by atoms with Crippen molar-refractivity contribution in [2.24, 2.45) is 10.8 Å². The van der Waals surface area contributed by atoms with Gasteiger partial charge >= 0.3 is 0 Å². The first-order chi connectivity index (χ1) is 4.98. The number of hydrogen-bond acceptors (Lipinski definition) is 0. The fourth-order valence-corrected chi connectivity index (χ4v) is 2.54. The topological polar surface area (TPSA) is 0 Å². The third kappa shape index (κ3) is 2.12. The molecule has 2 radical (unpaired) electrons. The van der Waals surface area contributed by atoms with Gasteiger partial charge in [-0.25, -0.2) is 0 Å². The van der Waals surface area contributed by atoms with Crippen molar-refractivity contribution in [2.75, 3.05) is 0 Å². The zero-order valence-electron chi connectivity index (χ0n) is 9.02. The second-order valence-electron chi connectivity index (χ2n) is 4.64. The van der Waals surface area contributed by atoms with Crippen LogP contribution in [-0.2, 0) is 65.4 Å². The van der Waals surface area contributed by atoms with Crippen LogP contribution in [0.4, 0.5) is 0 Å². The second kappa shape index (κ2) is 4.28. The van der Waals surface area contributed by atoms with Crippen molar-refractivity contribution in [3.63, 3.8) is 0 Å². The molecule has 2 unspecified atom stereocenters. The van der Waals surface area contributed by atoms with Crippen LogP contribution in [0, 0.1) is 10.8 Å². The Balaban J connectivity index is 0.000000720. The van der Waals surface area contributed by atoms with Crippen LogP contribution in [0.5, 0.6) is 0 Å². The molecule has 66 valence electrons. The Morgan fingerprint density at radius 2 is 1.69 bits per heavy atom. The summed E-state index contributed by atoms with van der Waals surface area (Å²) in [6.07, 6.45) is 6.11. The van der Waals surface area contributed by atoms with Gasteiger partial charge in [-0.15, -0.1) is 0 Å². The summed E-state index contributed by atoms with van der Waals surface area (Å²) in [6.45, 7) is 9.21. The molecule has 2 aliphatic carbocycles. The molecular weight excluding hydrogens is 310 g/mol. The SMILES string of the molecule is CC1=CC2(C)CC2(C)C(C)=C1.[Y].[Y]. The zero-order chi connectivity index (χ0) is 8.28. The normalized spacial score (nSPS) is 40.3. The van der Waals surface area contributed by atoms with Crippen LogP contribution in [0.15, 0.2) is 23.3 Å². The first-order valence-electron chi connectivity index (χ1n) is 4.36. The Morgan fingerprint density at radius 3 is 2.15 bits per heavy atom. The van der Waals surface area contributed by atoms with Gasteiger partial charge in [-0.3, -0.25) is 0 Å². The maximum atomic E-state index is 2.43. The van der Waals surface area contributed by atoms with E-state index in [-0.39, 0.29) is 65.4 Å². The minimum atomic E-state index is 0. The van der Waals surface area contributed by atoms with Gasteiger partial charge in [0, 0.05) is 65.4 Å². The predicted molar refractivity (Wildman–Crippen MR) is 48.3 cm³/mol. The average Bonchev–Trinajstić information content (AvgIpc) is 2.34.